The van der Waals surface area contributed by atoms with Gasteiger partial charge in [-0.2, -0.15) is 0 Å². The summed E-state index contributed by atoms with van der Waals surface area (Å²) in [4.78, 5) is 35.1. The summed E-state index contributed by atoms with van der Waals surface area (Å²) in [5, 5.41) is 23.1. The average Bonchev–Trinajstić information content (AvgIpc) is 3.11. The highest BCUT2D eigenvalue weighted by Crippen LogP contribution is 2.44. The van der Waals surface area contributed by atoms with Crippen molar-refractivity contribution in [3.8, 4) is 11.1 Å². The zero-order valence-corrected chi connectivity index (χ0v) is 17.9. The maximum absolute atomic E-state index is 12.3. The SMILES string of the molecule is CCC(CNC(=O)OCC1c2ccccc2-c2ccccc21)C(=O)NCCC(O)C(=O)O. The van der Waals surface area contributed by atoms with E-state index in [2.05, 4.69) is 22.8 Å². The van der Waals surface area contributed by atoms with Gasteiger partial charge >= 0.3 is 12.1 Å². The van der Waals surface area contributed by atoms with Gasteiger partial charge in [-0.05, 0) is 28.7 Å². The summed E-state index contributed by atoms with van der Waals surface area (Å²) in [5.74, 6) is -2.18. The summed E-state index contributed by atoms with van der Waals surface area (Å²) < 4.78 is 5.47. The molecule has 2 unspecified atom stereocenters. The molecule has 8 heteroatoms. The van der Waals surface area contributed by atoms with Gasteiger partial charge in [0.05, 0.1) is 5.92 Å². The van der Waals surface area contributed by atoms with Gasteiger partial charge in [0.15, 0.2) is 6.10 Å². The van der Waals surface area contributed by atoms with E-state index in [1.54, 1.807) is 0 Å². The Morgan fingerprint density at radius 1 is 1.00 bits per heavy atom. The van der Waals surface area contributed by atoms with Gasteiger partial charge in [0, 0.05) is 25.4 Å². The second-order valence-electron chi connectivity index (χ2n) is 7.75. The van der Waals surface area contributed by atoms with Gasteiger partial charge in [0.2, 0.25) is 5.91 Å². The van der Waals surface area contributed by atoms with Crippen LogP contribution < -0.4 is 10.6 Å². The number of ether oxygens (including phenoxy) is 1. The average molecular weight is 440 g/mol. The highest BCUT2D eigenvalue weighted by molar-refractivity contribution is 5.80. The Morgan fingerprint density at radius 3 is 2.16 bits per heavy atom. The van der Waals surface area contributed by atoms with E-state index in [9.17, 15) is 19.5 Å². The molecular weight excluding hydrogens is 412 g/mol. The number of benzene rings is 2. The fraction of sp³-hybridized carbons (Fsp3) is 0.375. The van der Waals surface area contributed by atoms with Crippen LogP contribution in [0.5, 0.6) is 0 Å². The third-order valence-electron chi connectivity index (χ3n) is 5.70. The van der Waals surface area contributed by atoms with Crippen LogP contribution in [0.15, 0.2) is 48.5 Å². The second kappa shape index (κ2) is 10.8. The molecule has 0 radical (unpaired) electrons. The first-order chi connectivity index (χ1) is 15.4. The number of aliphatic hydroxyl groups excluding tert-OH is 1. The third-order valence-corrected chi connectivity index (χ3v) is 5.70. The summed E-state index contributed by atoms with van der Waals surface area (Å²) in [7, 11) is 0. The van der Waals surface area contributed by atoms with Gasteiger partial charge in [-0.1, -0.05) is 55.5 Å². The lowest BCUT2D eigenvalue weighted by atomic mass is 9.98. The lowest BCUT2D eigenvalue weighted by molar-refractivity contribution is -0.147. The van der Waals surface area contributed by atoms with Crippen molar-refractivity contribution in [2.75, 3.05) is 19.7 Å². The van der Waals surface area contributed by atoms with Crippen LogP contribution in [0.1, 0.15) is 36.8 Å². The standard InChI is InChI=1S/C24H28N2O6/c1-2-15(22(28)25-12-11-21(27)23(29)30)13-26-24(31)32-14-20-18-9-5-3-7-16(18)17-8-4-6-10-19(17)20/h3-10,15,20-21,27H,2,11-14H2,1H3,(H,25,28)(H,26,31)(H,29,30). The number of nitrogens with one attached hydrogen (secondary N) is 2. The van der Waals surface area contributed by atoms with Crippen LogP contribution in [0.2, 0.25) is 0 Å². The van der Waals surface area contributed by atoms with E-state index in [4.69, 9.17) is 9.84 Å². The Balaban J connectivity index is 1.48. The van der Waals surface area contributed by atoms with Gasteiger partial charge < -0.3 is 25.6 Å². The predicted octanol–water partition coefficient (Wildman–Crippen LogP) is 2.50. The van der Waals surface area contributed by atoms with Crippen molar-refractivity contribution in [1.29, 1.82) is 0 Å². The van der Waals surface area contributed by atoms with Crippen LogP contribution in [0.25, 0.3) is 11.1 Å². The summed E-state index contributed by atoms with van der Waals surface area (Å²) in [6.45, 7) is 2.14. The Bertz CT molecular complexity index is 931. The largest absolute Gasteiger partial charge is 0.479 e. The molecule has 3 rings (SSSR count). The minimum Gasteiger partial charge on any atom is -0.479 e. The molecule has 0 bridgehead atoms. The number of hydrogen-bond donors (Lipinski definition) is 4. The number of aliphatic hydroxyl groups is 1. The van der Waals surface area contributed by atoms with Gasteiger partial charge in [-0.25, -0.2) is 9.59 Å². The minimum absolute atomic E-state index is 0.0355. The first-order valence-corrected chi connectivity index (χ1v) is 10.7. The van der Waals surface area contributed by atoms with Crippen molar-refractivity contribution in [2.24, 2.45) is 5.92 Å². The number of carboxylic acid groups (broad SMARTS) is 1. The van der Waals surface area contributed by atoms with Gasteiger partial charge in [0.1, 0.15) is 6.61 Å². The molecule has 170 valence electrons. The molecule has 0 aromatic heterocycles. The van der Waals surface area contributed by atoms with Crippen LogP contribution in [-0.2, 0) is 14.3 Å². The number of rotatable bonds is 10. The number of hydrogen-bond acceptors (Lipinski definition) is 5. The summed E-state index contributed by atoms with van der Waals surface area (Å²) >= 11 is 0. The lowest BCUT2D eigenvalue weighted by Crippen LogP contribution is -2.40. The fourth-order valence-electron chi connectivity index (χ4n) is 3.88. The number of alkyl carbamates (subject to hydrolysis) is 1. The maximum atomic E-state index is 12.3. The molecule has 0 saturated heterocycles. The molecule has 32 heavy (non-hydrogen) atoms. The number of aliphatic carboxylic acids is 1. The van der Waals surface area contributed by atoms with Gasteiger partial charge in [0.25, 0.3) is 0 Å². The van der Waals surface area contributed by atoms with Crippen LogP contribution in [-0.4, -0.2) is 54.0 Å². The molecule has 0 spiro atoms. The minimum atomic E-state index is -1.52. The third kappa shape index (κ3) is 5.45. The van der Waals surface area contributed by atoms with Crippen molar-refractivity contribution in [3.63, 3.8) is 0 Å². The number of fused-ring (bicyclic) bond motifs is 3. The number of carbonyl (C=O) groups is 3. The Labute approximate surface area is 186 Å². The predicted molar refractivity (Wildman–Crippen MR) is 118 cm³/mol. The highest BCUT2D eigenvalue weighted by Gasteiger charge is 2.29. The lowest BCUT2D eigenvalue weighted by Gasteiger charge is -2.17. The highest BCUT2D eigenvalue weighted by atomic mass is 16.5. The van der Waals surface area contributed by atoms with Crippen molar-refractivity contribution < 1.29 is 29.3 Å². The molecule has 0 aliphatic heterocycles. The van der Waals surface area contributed by atoms with E-state index in [-0.39, 0.29) is 37.9 Å². The van der Waals surface area contributed by atoms with Gasteiger partial charge in [-0.15, -0.1) is 0 Å². The van der Waals surface area contributed by atoms with E-state index in [0.717, 1.165) is 22.3 Å². The number of amides is 2. The van der Waals surface area contributed by atoms with E-state index in [1.807, 2.05) is 43.3 Å². The molecule has 1 aliphatic rings. The molecular formula is C24H28N2O6. The van der Waals surface area contributed by atoms with Crippen molar-refractivity contribution in [1.82, 2.24) is 10.6 Å². The molecule has 1 aliphatic carbocycles. The van der Waals surface area contributed by atoms with Crippen LogP contribution in [0, 0.1) is 5.92 Å². The van der Waals surface area contributed by atoms with E-state index >= 15 is 0 Å². The van der Waals surface area contributed by atoms with Crippen molar-refractivity contribution >= 4 is 18.0 Å². The van der Waals surface area contributed by atoms with Crippen LogP contribution in [0.3, 0.4) is 0 Å². The molecule has 4 N–H and O–H groups in total. The number of carboxylic acids is 1. The normalized spacial score (nSPS) is 14.1. The monoisotopic (exact) mass is 440 g/mol. The Morgan fingerprint density at radius 2 is 1.59 bits per heavy atom. The molecule has 0 fully saturated rings. The molecule has 2 aromatic carbocycles. The maximum Gasteiger partial charge on any atom is 0.407 e. The summed E-state index contributed by atoms with van der Waals surface area (Å²) in [6.07, 6.45) is -1.72. The molecule has 0 heterocycles. The zero-order valence-electron chi connectivity index (χ0n) is 17.9. The smallest absolute Gasteiger partial charge is 0.407 e. The van der Waals surface area contributed by atoms with Gasteiger partial charge in [-0.3, -0.25) is 4.79 Å². The quantitative estimate of drug-likeness (QED) is 0.450. The first-order valence-electron chi connectivity index (χ1n) is 10.7. The Hall–Kier alpha value is -3.39. The first kappa shape index (κ1) is 23.3. The summed E-state index contributed by atoms with van der Waals surface area (Å²) in [6, 6.07) is 16.1. The second-order valence-corrected chi connectivity index (χ2v) is 7.75. The fourth-order valence-corrected chi connectivity index (χ4v) is 3.88. The molecule has 2 amide bonds. The zero-order chi connectivity index (χ0) is 23.1. The molecule has 0 saturated carbocycles. The van der Waals surface area contributed by atoms with E-state index in [0.29, 0.717) is 6.42 Å². The van der Waals surface area contributed by atoms with Crippen molar-refractivity contribution in [2.45, 2.75) is 31.8 Å². The van der Waals surface area contributed by atoms with Crippen molar-refractivity contribution in [3.05, 3.63) is 59.7 Å². The molecule has 2 atom stereocenters. The molecule has 2 aromatic rings. The van der Waals surface area contributed by atoms with E-state index < -0.39 is 24.1 Å². The summed E-state index contributed by atoms with van der Waals surface area (Å²) in [5.41, 5.74) is 4.53. The van der Waals surface area contributed by atoms with Crippen LogP contribution >= 0.6 is 0 Å². The topological polar surface area (TPSA) is 125 Å². The molecule has 8 nitrogen and oxygen atoms in total. The van der Waals surface area contributed by atoms with E-state index in [1.165, 1.54) is 0 Å². The van der Waals surface area contributed by atoms with Crippen LogP contribution in [0.4, 0.5) is 4.79 Å². The number of carbonyl (C=O) groups excluding carboxylic acids is 2. The Kier molecular flexibility index (Phi) is 7.83.